The number of amides is 1. The monoisotopic (exact) mass is 315 g/mol. The Balaban J connectivity index is 1.98. The second kappa shape index (κ2) is 6.22. The number of hydrogen-bond acceptors (Lipinski definition) is 3. The van der Waals surface area contributed by atoms with Gasteiger partial charge in [0.25, 0.3) is 5.91 Å². The number of rotatable bonds is 3. The van der Waals surface area contributed by atoms with Crippen LogP contribution in [-0.4, -0.2) is 49.3 Å². The van der Waals surface area contributed by atoms with Crippen molar-refractivity contribution >= 4 is 11.6 Å². The molecule has 4 nitrogen and oxygen atoms in total. The fourth-order valence-corrected chi connectivity index (χ4v) is 2.22. The number of piperazine rings is 1. The highest BCUT2D eigenvalue weighted by Gasteiger charge is 2.51. The van der Waals surface area contributed by atoms with Gasteiger partial charge in [-0.1, -0.05) is 0 Å². The van der Waals surface area contributed by atoms with Crippen LogP contribution in [-0.2, 0) is 4.79 Å². The number of carbonyl (C=O) groups is 1. The molecular weight excluding hydrogens is 302 g/mol. The second-order valence-electron chi connectivity index (χ2n) is 4.86. The van der Waals surface area contributed by atoms with Gasteiger partial charge in [0, 0.05) is 31.9 Å². The SMILES string of the molecule is N#Cc1ccc(N2CCN(C(=O)C(F)(F)C(F)F)CC2)cc1. The molecule has 0 atom stereocenters. The third kappa shape index (κ3) is 3.13. The van der Waals surface area contributed by atoms with Crippen molar-refractivity contribution in [3.8, 4) is 6.07 Å². The van der Waals surface area contributed by atoms with Crippen molar-refractivity contribution < 1.29 is 22.4 Å². The van der Waals surface area contributed by atoms with Crippen molar-refractivity contribution in [2.24, 2.45) is 0 Å². The Bertz CT molecular complexity index is 575. The summed E-state index contributed by atoms with van der Waals surface area (Å²) < 4.78 is 50.5. The van der Waals surface area contributed by atoms with Crippen molar-refractivity contribution in [2.45, 2.75) is 12.3 Å². The first kappa shape index (κ1) is 16.1. The third-order valence-electron chi connectivity index (χ3n) is 3.49. The molecule has 1 amide bonds. The standard InChI is InChI=1S/C14H13F4N3O/c15-12(16)14(17,18)13(22)21-7-5-20(6-8-21)11-3-1-10(9-19)2-4-11/h1-4,12H,5-8H2. The Morgan fingerprint density at radius 2 is 1.68 bits per heavy atom. The van der Waals surface area contributed by atoms with Crippen LogP contribution < -0.4 is 4.90 Å². The van der Waals surface area contributed by atoms with E-state index in [4.69, 9.17) is 5.26 Å². The number of halogens is 4. The van der Waals surface area contributed by atoms with Gasteiger partial charge in [0.15, 0.2) is 0 Å². The van der Waals surface area contributed by atoms with Crippen LogP contribution in [0.25, 0.3) is 0 Å². The molecule has 8 heteroatoms. The van der Waals surface area contributed by atoms with E-state index in [2.05, 4.69) is 0 Å². The maximum atomic E-state index is 13.0. The van der Waals surface area contributed by atoms with Gasteiger partial charge in [-0.3, -0.25) is 4.79 Å². The second-order valence-corrected chi connectivity index (χ2v) is 4.86. The maximum absolute atomic E-state index is 13.0. The minimum Gasteiger partial charge on any atom is -0.368 e. The fraction of sp³-hybridized carbons (Fsp3) is 0.429. The number of alkyl halides is 4. The molecule has 0 radical (unpaired) electrons. The lowest BCUT2D eigenvalue weighted by molar-refractivity contribution is -0.180. The summed E-state index contributed by atoms with van der Waals surface area (Å²) in [6.45, 7) is 0.413. The van der Waals surface area contributed by atoms with Crippen molar-refractivity contribution in [1.82, 2.24) is 4.90 Å². The minimum absolute atomic E-state index is 0.0544. The van der Waals surface area contributed by atoms with E-state index in [1.54, 1.807) is 24.3 Å². The zero-order valence-corrected chi connectivity index (χ0v) is 11.5. The number of nitrogens with zero attached hydrogens (tertiary/aromatic N) is 3. The van der Waals surface area contributed by atoms with Crippen LogP contribution >= 0.6 is 0 Å². The van der Waals surface area contributed by atoms with Gasteiger partial charge < -0.3 is 9.80 Å². The molecule has 22 heavy (non-hydrogen) atoms. The average molecular weight is 315 g/mol. The van der Waals surface area contributed by atoms with E-state index in [9.17, 15) is 22.4 Å². The molecule has 0 N–H and O–H groups in total. The first-order valence-corrected chi connectivity index (χ1v) is 6.56. The first-order chi connectivity index (χ1) is 10.4. The highest BCUT2D eigenvalue weighted by molar-refractivity contribution is 5.84. The number of nitriles is 1. The van der Waals surface area contributed by atoms with Crippen LogP contribution in [0.15, 0.2) is 24.3 Å². The molecule has 0 spiro atoms. The Labute approximate surface area is 124 Å². The molecule has 2 rings (SSSR count). The highest BCUT2D eigenvalue weighted by atomic mass is 19.3. The van der Waals surface area contributed by atoms with Gasteiger partial charge in [-0.25, -0.2) is 8.78 Å². The topological polar surface area (TPSA) is 47.3 Å². The molecule has 1 aromatic carbocycles. The Kier molecular flexibility index (Phi) is 4.54. The highest BCUT2D eigenvalue weighted by Crippen LogP contribution is 2.26. The van der Waals surface area contributed by atoms with E-state index in [-0.39, 0.29) is 26.2 Å². The van der Waals surface area contributed by atoms with E-state index in [0.29, 0.717) is 5.56 Å². The molecule has 0 aromatic heterocycles. The predicted molar refractivity (Wildman–Crippen MR) is 70.9 cm³/mol. The largest absolute Gasteiger partial charge is 0.383 e. The summed E-state index contributed by atoms with van der Waals surface area (Å²) in [4.78, 5) is 14.0. The van der Waals surface area contributed by atoms with E-state index in [0.717, 1.165) is 10.6 Å². The van der Waals surface area contributed by atoms with Crippen LogP contribution in [0.4, 0.5) is 23.2 Å². The molecule has 0 bridgehead atoms. The predicted octanol–water partition coefficient (Wildman–Crippen LogP) is 2.11. The lowest BCUT2D eigenvalue weighted by Gasteiger charge is -2.37. The molecule has 1 saturated heterocycles. The molecular formula is C14H13F4N3O. The van der Waals surface area contributed by atoms with Crippen molar-refractivity contribution in [2.75, 3.05) is 31.1 Å². The average Bonchev–Trinajstić information content (AvgIpc) is 2.54. The van der Waals surface area contributed by atoms with Crippen LogP contribution in [0.3, 0.4) is 0 Å². The number of anilines is 1. The molecule has 1 aliphatic heterocycles. The van der Waals surface area contributed by atoms with Crippen LogP contribution in [0.2, 0.25) is 0 Å². The lowest BCUT2D eigenvalue weighted by Crippen LogP contribution is -2.55. The zero-order chi connectivity index (χ0) is 16.3. The van der Waals surface area contributed by atoms with Gasteiger partial charge in [0.1, 0.15) is 0 Å². The van der Waals surface area contributed by atoms with E-state index in [1.165, 1.54) is 0 Å². The van der Waals surface area contributed by atoms with Gasteiger partial charge in [0.2, 0.25) is 0 Å². The Morgan fingerprint density at radius 3 is 2.14 bits per heavy atom. The van der Waals surface area contributed by atoms with Crippen molar-refractivity contribution in [3.63, 3.8) is 0 Å². The van der Waals surface area contributed by atoms with E-state index < -0.39 is 18.3 Å². The number of hydrogen-bond donors (Lipinski definition) is 0. The minimum atomic E-state index is -4.64. The molecule has 118 valence electrons. The fourth-order valence-electron chi connectivity index (χ4n) is 2.22. The summed E-state index contributed by atoms with van der Waals surface area (Å²) in [5.41, 5.74) is 1.28. The smallest absolute Gasteiger partial charge is 0.368 e. The van der Waals surface area contributed by atoms with E-state index >= 15 is 0 Å². The summed E-state index contributed by atoms with van der Waals surface area (Å²) in [6.07, 6.45) is -4.00. The van der Waals surface area contributed by atoms with Gasteiger partial charge in [-0.05, 0) is 24.3 Å². The molecule has 1 heterocycles. The summed E-state index contributed by atoms with van der Waals surface area (Å²) in [5, 5.41) is 8.72. The van der Waals surface area contributed by atoms with Crippen molar-refractivity contribution in [1.29, 1.82) is 5.26 Å². The number of benzene rings is 1. The Morgan fingerprint density at radius 1 is 1.14 bits per heavy atom. The maximum Gasteiger partial charge on any atom is 0.383 e. The third-order valence-corrected chi connectivity index (χ3v) is 3.49. The molecule has 1 aliphatic rings. The van der Waals surface area contributed by atoms with Crippen LogP contribution in [0, 0.1) is 11.3 Å². The summed E-state index contributed by atoms with van der Waals surface area (Å²) in [6, 6.07) is 8.65. The van der Waals surface area contributed by atoms with Crippen LogP contribution in [0.5, 0.6) is 0 Å². The van der Waals surface area contributed by atoms with E-state index in [1.807, 2.05) is 11.0 Å². The zero-order valence-electron chi connectivity index (χ0n) is 11.5. The molecule has 0 aliphatic carbocycles. The first-order valence-electron chi connectivity index (χ1n) is 6.56. The van der Waals surface area contributed by atoms with Gasteiger partial charge >= 0.3 is 12.3 Å². The van der Waals surface area contributed by atoms with Crippen molar-refractivity contribution in [3.05, 3.63) is 29.8 Å². The number of carbonyl (C=O) groups excluding carboxylic acids is 1. The van der Waals surface area contributed by atoms with Gasteiger partial charge in [-0.15, -0.1) is 0 Å². The normalized spacial score (nSPS) is 15.8. The molecule has 1 aromatic rings. The van der Waals surface area contributed by atoms with Crippen LogP contribution in [0.1, 0.15) is 5.56 Å². The molecule has 0 unspecified atom stereocenters. The molecule has 1 fully saturated rings. The Hall–Kier alpha value is -2.30. The summed E-state index contributed by atoms with van der Waals surface area (Å²) in [5.74, 6) is -6.47. The quantitative estimate of drug-likeness (QED) is 0.803. The lowest BCUT2D eigenvalue weighted by atomic mass is 10.2. The van der Waals surface area contributed by atoms with Gasteiger partial charge in [0.05, 0.1) is 11.6 Å². The summed E-state index contributed by atoms with van der Waals surface area (Å²) in [7, 11) is 0. The van der Waals surface area contributed by atoms with Gasteiger partial charge in [-0.2, -0.15) is 14.0 Å². The summed E-state index contributed by atoms with van der Waals surface area (Å²) >= 11 is 0. The molecule has 0 saturated carbocycles.